The minimum atomic E-state index is -0.571. The molecule has 2 rings (SSSR count). The van der Waals surface area contributed by atoms with Gasteiger partial charge >= 0.3 is 0 Å². The van der Waals surface area contributed by atoms with Crippen molar-refractivity contribution in [3.05, 3.63) is 69.9 Å². The number of nitrogens with two attached hydrogens (primary N) is 2. The van der Waals surface area contributed by atoms with E-state index in [9.17, 15) is 9.90 Å². The van der Waals surface area contributed by atoms with Gasteiger partial charge in [0.25, 0.3) is 5.91 Å². The van der Waals surface area contributed by atoms with E-state index in [2.05, 4.69) is 5.32 Å². The molecule has 0 aromatic heterocycles. The molecular formula is C17H18ClN3O2. The van der Waals surface area contributed by atoms with E-state index in [0.717, 1.165) is 11.1 Å². The molecule has 2 aromatic carbocycles. The zero-order valence-corrected chi connectivity index (χ0v) is 13.4. The lowest BCUT2D eigenvalue weighted by Crippen LogP contribution is -2.29. The smallest absolute Gasteiger partial charge is 0.271 e. The fourth-order valence-electron chi connectivity index (χ4n) is 2.01. The first-order valence-corrected chi connectivity index (χ1v) is 7.34. The summed E-state index contributed by atoms with van der Waals surface area (Å²) in [6, 6.07) is 12.2. The number of amides is 1. The maximum Gasteiger partial charge on any atom is 0.271 e. The van der Waals surface area contributed by atoms with Gasteiger partial charge in [0.05, 0.1) is 0 Å². The fourth-order valence-corrected chi connectivity index (χ4v) is 2.13. The van der Waals surface area contributed by atoms with E-state index in [1.165, 1.54) is 0 Å². The molecule has 6 heteroatoms. The molecule has 0 saturated carbocycles. The number of nitrogen functional groups attached to an aromatic ring is 1. The summed E-state index contributed by atoms with van der Waals surface area (Å²) in [5, 5.41) is 13.4. The third kappa shape index (κ3) is 4.17. The zero-order valence-electron chi connectivity index (χ0n) is 12.6. The van der Waals surface area contributed by atoms with Crippen LogP contribution in [0.15, 0.2) is 48.2 Å². The molecule has 0 unspecified atom stereocenters. The van der Waals surface area contributed by atoms with Gasteiger partial charge in [0, 0.05) is 22.8 Å². The number of hydrogen-bond acceptors (Lipinski definition) is 4. The van der Waals surface area contributed by atoms with Crippen LogP contribution in [0, 0.1) is 6.92 Å². The number of aryl methyl sites for hydroxylation is 1. The number of rotatable bonds is 4. The Balaban J connectivity index is 2.14. The van der Waals surface area contributed by atoms with Gasteiger partial charge in [-0.2, -0.15) is 0 Å². The molecule has 5 nitrogen and oxygen atoms in total. The molecule has 0 saturated heterocycles. The highest BCUT2D eigenvalue weighted by Crippen LogP contribution is 2.22. The van der Waals surface area contributed by atoms with E-state index >= 15 is 0 Å². The highest BCUT2D eigenvalue weighted by molar-refractivity contribution is 6.30. The Hall–Kier alpha value is -2.66. The van der Waals surface area contributed by atoms with E-state index in [0.29, 0.717) is 16.3 Å². The highest BCUT2D eigenvalue weighted by Gasteiger charge is 2.15. The van der Waals surface area contributed by atoms with Crippen molar-refractivity contribution in [2.75, 3.05) is 5.73 Å². The van der Waals surface area contributed by atoms with E-state index in [-0.39, 0.29) is 18.0 Å². The second-order valence-electron chi connectivity index (χ2n) is 5.16. The van der Waals surface area contributed by atoms with Gasteiger partial charge in [0.2, 0.25) is 0 Å². The van der Waals surface area contributed by atoms with Crippen molar-refractivity contribution < 1.29 is 9.90 Å². The van der Waals surface area contributed by atoms with Crippen molar-refractivity contribution in [2.45, 2.75) is 13.5 Å². The molecule has 0 heterocycles. The molecule has 0 aliphatic carbocycles. The van der Waals surface area contributed by atoms with Crippen molar-refractivity contribution in [3.8, 4) is 0 Å². The zero-order chi connectivity index (χ0) is 17.0. The van der Waals surface area contributed by atoms with E-state index in [1.54, 1.807) is 36.4 Å². The largest absolute Gasteiger partial charge is 0.505 e. The molecule has 6 N–H and O–H groups in total. The summed E-state index contributed by atoms with van der Waals surface area (Å²) in [7, 11) is 0. The van der Waals surface area contributed by atoms with Crippen LogP contribution >= 0.6 is 11.6 Å². The van der Waals surface area contributed by atoms with Gasteiger partial charge in [-0.1, -0.05) is 35.4 Å². The topological polar surface area (TPSA) is 101 Å². The lowest BCUT2D eigenvalue weighted by atomic mass is 10.1. The van der Waals surface area contributed by atoms with Crippen LogP contribution in [0.3, 0.4) is 0 Å². The molecule has 1 amide bonds. The summed E-state index contributed by atoms with van der Waals surface area (Å²) >= 11 is 5.80. The van der Waals surface area contributed by atoms with Gasteiger partial charge in [0.15, 0.2) is 5.76 Å². The van der Waals surface area contributed by atoms with Crippen LogP contribution in [-0.2, 0) is 11.3 Å². The number of aliphatic hydroxyl groups is 1. The van der Waals surface area contributed by atoms with Crippen molar-refractivity contribution in [3.63, 3.8) is 0 Å². The van der Waals surface area contributed by atoms with Crippen LogP contribution in [0.25, 0.3) is 5.76 Å². The van der Waals surface area contributed by atoms with Crippen LogP contribution in [-0.4, -0.2) is 11.0 Å². The molecule has 120 valence electrons. The molecule has 2 aromatic rings. The average molecular weight is 332 g/mol. The first-order valence-electron chi connectivity index (χ1n) is 6.96. The molecule has 0 spiro atoms. The summed E-state index contributed by atoms with van der Waals surface area (Å²) in [6.45, 7) is 2.13. The lowest BCUT2D eigenvalue weighted by Gasteiger charge is -2.10. The molecule has 0 bridgehead atoms. The number of carbonyl (C=O) groups excluding carboxylic acids is 1. The molecule has 0 radical (unpaired) electrons. The standard InChI is InChI=1S/C17H18ClN3O2/c1-10-2-7-14(19)13(8-10)16(22)15(20)17(23)21-9-11-3-5-12(18)6-4-11/h2-8,22H,9,19-20H2,1H3,(H,21,23)/b16-15+. The summed E-state index contributed by atoms with van der Waals surface area (Å²) in [5.41, 5.74) is 13.7. The van der Waals surface area contributed by atoms with Crippen LogP contribution in [0.2, 0.25) is 5.02 Å². The molecule has 0 aliphatic rings. The summed E-state index contributed by atoms with van der Waals surface area (Å²) in [5.74, 6) is -0.904. The third-order valence-corrected chi connectivity index (χ3v) is 3.58. The monoisotopic (exact) mass is 331 g/mol. The molecular weight excluding hydrogens is 314 g/mol. The van der Waals surface area contributed by atoms with E-state index < -0.39 is 5.91 Å². The predicted octanol–water partition coefficient (Wildman–Crippen LogP) is 2.73. The van der Waals surface area contributed by atoms with Crippen LogP contribution in [0.5, 0.6) is 0 Å². The molecule has 0 aliphatic heterocycles. The van der Waals surface area contributed by atoms with E-state index in [4.69, 9.17) is 23.1 Å². The third-order valence-electron chi connectivity index (χ3n) is 3.33. The van der Waals surface area contributed by atoms with Crippen molar-refractivity contribution in [1.29, 1.82) is 0 Å². The lowest BCUT2D eigenvalue weighted by molar-refractivity contribution is -0.117. The summed E-state index contributed by atoms with van der Waals surface area (Å²) in [4.78, 5) is 12.1. The second kappa shape index (κ2) is 7.07. The quantitative estimate of drug-likeness (QED) is 0.393. The van der Waals surface area contributed by atoms with Crippen LogP contribution in [0.1, 0.15) is 16.7 Å². The first-order chi connectivity index (χ1) is 10.9. The number of anilines is 1. The number of benzene rings is 2. The van der Waals surface area contributed by atoms with Crippen molar-refractivity contribution in [1.82, 2.24) is 5.32 Å². The van der Waals surface area contributed by atoms with Gasteiger partial charge in [0.1, 0.15) is 5.70 Å². The van der Waals surface area contributed by atoms with Gasteiger partial charge in [-0.3, -0.25) is 4.79 Å². The summed E-state index contributed by atoms with van der Waals surface area (Å²) < 4.78 is 0. The number of nitrogens with one attached hydrogen (secondary N) is 1. The fraction of sp³-hybridized carbons (Fsp3) is 0.118. The predicted molar refractivity (Wildman–Crippen MR) is 92.6 cm³/mol. The molecule has 0 fully saturated rings. The van der Waals surface area contributed by atoms with E-state index in [1.807, 2.05) is 13.0 Å². The Morgan fingerprint density at radius 3 is 2.52 bits per heavy atom. The number of carbonyl (C=O) groups is 1. The van der Waals surface area contributed by atoms with Crippen LogP contribution < -0.4 is 16.8 Å². The molecule has 23 heavy (non-hydrogen) atoms. The number of halogens is 1. The Labute approximate surface area is 139 Å². The SMILES string of the molecule is Cc1ccc(N)c(/C(O)=C(\N)C(=O)NCc2ccc(Cl)cc2)c1. The minimum absolute atomic E-state index is 0.271. The highest BCUT2D eigenvalue weighted by atomic mass is 35.5. The minimum Gasteiger partial charge on any atom is -0.505 e. The van der Waals surface area contributed by atoms with Crippen LogP contribution in [0.4, 0.5) is 5.69 Å². The van der Waals surface area contributed by atoms with Crippen molar-refractivity contribution in [2.24, 2.45) is 5.73 Å². The number of aliphatic hydroxyl groups excluding tert-OH is 1. The second-order valence-corrected chi connectivity index (χ2v) is 5.60. The van der Waals surface area contributed by atoms with Gasteiger partial charge in [-0.05, 0) is 36.8 Å². The Morgan fingerprint density at radius 2 is 1.87 bits per heavy atom. The maximum atomic E-state index is 12.1. The number of hydrogen-bond donors (Lipinski definition) is 4. The maximum absolute atomic E-state index is 12.1. The Morgan fingerprint density at radius 1 is 1.22 bits per heavy atom. The van der Waals surface area contributed by atoms with Gasteiger partial charge in [-0.15, -0.1) is 0 Å². The summed E-state index contributed by atoms with van der Waals surface area (Å²) in [6.07, 6.45) is 0. The Bertz CT molecular complexity index is 755. The van der Waals surface area contributed by atoms with Gasteiger partial charge < -0.3 is 21.9 Å². The Kier molecular flexibility index (Phi) is 5.13. The first kappa shape index (κ1) is 16.7. The average Bonchev–Trinajstić information content (AvgIpc) is 2.55. The molecule has 0 atom stereocenters. The van der Waals surface area contributed by atoms with Crippen molar-refractivity contribution >= 4 is 29.0 Å². The normalized spacial score (nSPS) is 11.7. The van der Waals surface area contributed by atoms with Gasteiger partial charge in [-0.25, -0.2) is 0 Å².